The van der Waals surface area contributed by atoms with Crippen LogP contribution in [0.1, 0.15) is 35.5 Å². The highest BCUT2D eigenvalue weighted by atomic mass is 16.4. The van der Waals surface area contributed by atoms with Gasteiger partial charge in [-0.25, -0.2) is 9.78 Å². The number of furan rings is 1. The number of fused-ring (bicyclic) bond motifs is 1. The average molecular weight is 393 g/mol. The molecule has 2 aromatic heterocycles. The van der Waals surface area contributed by atoms with Gasteiger partial charge in [0.2, 0.25) is 11.5 Å². The van der Waals surface area contributed by atoms with Crippen LogP contribution in [0, 0.1) is 0 Å². The second-order valence-electron chi connectivity index (χ2n) is 7.19. The van der Waals surface area contributed by atoms with E-state index in [1.807, 2.05) is 18.2 Å². The van der Waals surface area contributed by atoms with Crippen molar-refractivity contribution in [2.75, 3.05) is 18.4 Å². The molecule has 0 bridgehead atoms. The molecule has 8 nitrogen and oxygen atoms in total. The zero-order chi connectivity index (χ0) is 20.4. The first-order chi connectivity index (χ1) is 14.0. The second kappa shape index (κ2) is 7.92. The summed E-state index contributed by atoms with van der Waals surface area (Å²) in [5.41, 5.74) is 7.13. The maximum absolute atomic E-state index is 12.8. The fourth-order valence-corrected chi connectivity index (χ4v) is 3.69. The van der Waals surface area contributed by atoms with Gasteiger partial charge in [-0.2, -0.15) is 0 Å². The molecule has 29 heavy (non-hydrogen) atoms. The van der Waals surface area contributed by atoms with Crippen molar-refractivity contribution in [2.45, 2.75) is 25.4 Å². The van der Waals surface area contributed by atoms with Crippen LogP contribution in [-0.2, 0) is 0 Å². The number of likely N-dealkylation sites (tertiary alicyclic amines) is 1. The van der Waals surface area contributed by atoms with Gasteiger partial charge in [-0.05, 0) is 31.0 Å². The molecule has 1 fully saturated rings. The van der Waals surface area contributed by atoms with Crippen molar-refractivity contribution in [3.05, 3.63) is 60.0 Å². The molecule has 0 saturated carbocycles. The Hall–Kier alpha value is -3.39. The second-order valence-corrected chi connectivity index (χ2v) is 7.19. The van der Waals surface area contributed by atoms with Gasteiger partial charge in [0.1, 0.15) is 5.69 Å². The number of carbonyl (C=O) groups is 2. The molecular weight excluding hydrogens is 370 g/mol. The van der Waals surface area contributed by atoms with Crippen molar-refractivity contribution in [1.29, 1.82) is 0 Å². The van der Waals surface area contributed by atoms with Gasteiger partial charge in [-0.15, -0.1) is 0 Å². The zero-order valence-corrected chi connectivity index (χ0v) is 16.1. The number of hydrogen-bond acceptors (Lipinski definition) is 5. The third kappa shape index (κ3) is 3.93. The fourth-order valence-electron chi connectivity index (χ4n) is 3.69. The van der Waals surface area contributed by atoms with Crippen LogP contribution in [-0.4, -0.2) is 41.0 Å². The average Bonchev–Trinajstić information content (AvgIpc) is 3.34. The van der Waals surface area contributed by atoms with Crippen molar-refractivity contribution in [1.82, 2.24) is 15.2 Å². The van der Waals surface area contributed by atoms with E-state index in [0.29, 0.717) is 18.5 Å². The van der Waals surface area contributed by atoms with Crippen LogP contribution in [0.15, 0.2) is 53.1 Å². The van der Waals surface area contributed by atoms with Gasteiger partial charge in [0, 0.05) is 31.4 Å². The third-order valence-electron chi connectivity index (χ3n) is 5.18. The van der Waals surface area contributed by atoms with Crippen molar-refractivity contribution < 1.29 is 14.0 Å². The number of aromatic nitrogens is 1. The number of nitrogens with one attached hydrogen (secondary N) is 2. The number of nitrogens with two attached hydrogens (primary N) is 1. The lowest BCUT2D eigenvalue weighted by atomic mass is 10.1. The number of amides is 3. The Labute approximate surface area is 168 Å². The quantitative estimate of drug-likeness (QED) is 0.617. The van der Waals surface area contributed by atoms with Gasteiger partial charge in [-0.3, -0.25) is 4.79 Å². The maximum atomic E-state index is 12.8. The van der Waals surface area contributed by atoms with Crippen molar-refractivity contribution in [3.63, 3.8) is 0 Å². The Morgan fingerprint density at radius 1 is 1.24 bits per heavy atom. The highest BCUT2D eigenvalue weighted by Gasteiger charge is 2.29. The van der Waals surface area contributed by atoms with Gasteiger partial charge in [0.15, 0.2) is 0 Å². The number of carbonyl (C=O) groups excluding carboxylic acids is 2. The molecule has 0 aliphatic carbocycles. The van der Waals surface area contributed by atoms with Gasteiger partial charge in [-0.1, -0.05) is 30.3 Å². The summed E-state index contributed by atoms with van der Waals surface area (Å²) in [4.78, 5) is 30.3. The number of nitrogens with zero attached hydrogens (tertiary/aromatic N) is 2. The number of rotatable bonds is 5. The fraction of sp³-hybridized carbons (Fsp3) is 0.286. The van der Waals surface area contributed by atoms with E-state index < -0.39 is 5.91 Å². The van der Waals surface area contributed by atoms with Gasteiger partial charge in [0.05, 0.1) is 5.39 Å². The van der Waals surface area contributed by atoms with Crippen molar-refractivity contribution >= 4 is 28.7 Å². The lowest BCUT2D eigenvalue weighted by molar-refractivity contribution is 0.0977. The molecule has 2 atom stereocenters. The number of benzene rings is 1. The highest BCUT2D eigenvalue weighted by molar-refractivity contribution is 6.09. The SMILES string of the molecule is CC(N[C@@H]1CCN(C(=O)Nc2c(C(N)=O)oc3ncccc23)C1)c1ccccc1. The van der Waals surface area contributed by atoms with Crippen LogP contribution in [0.25, 0.3) is 11.1 Å². The number of pyridine rings is 1. The van der Waals surface area contributed by atoms with Crippen molar-refractivity contribution in [2.24, 2.45) is 5.73 Å². The lowest BCUT2D eigenvalue weighted by Gasteiger charge is -2.21. The summed E-state index contributed by atoms with van der Waals surface area (Å²) in [6, 6.07) is 13.7. The number of primary amides is 1. The molecule has 1 aliphatic heterocycles. The topological polar surface area (TPSA) is 113 Å². The first kappa shape index (κ1) is 18.9. The van der Waals surface area contributed by atoms with E-state index in [1.54, 1.807) is 23.2 Å². The molecule has 0 spiro atoms. The third-order valence-corrected chi connectivity index (χ3v) is 5.18. The van der Waals surface area contributed by atoms with E-state index in [0.717, 1.165) is 6.42 Å². The summed E-state index contributed by atoms with van der Waals surface area (Å²) in [7, 11) is 0. The summed E-state index contributed by atoms with van der Waals surface area (Å²) < 4.78 is 5.42. The van der Waals surface area contributed by atoms with Crippen LogP contribution < -0.4 is 16.4 Å². The van der Waals surface area contributed by atoms with Crippen LogP contribution in [0.2, 0.25) is 0 Å². The summed E-state index contributed by atoms with van der Waals surface area (Å²) >= 11 is 0. The normalized spacial score (nSPS) is 17.4. The molecule has 150 valence electrons. The predicted octanol–water partition coefficient (Wildman–Crippen LogP) is 2.88. The molecular formula is C21H23N5O3. The number of hydrogen-bond donors (Lipinski definition) is 3. The number of urea groups is 1. The maximum Gasteiger partial charge on any atom is 0.322 e. The Kier molecular flexibility index (Phi) is 5.18. The van der Waals surface area contributed by atoms with E-state index in [2.05, 4.69) is 34.7 Å². The molecule has 3 amide bonds. The highest BCUT2D eigenvalue weighted by Crippen LogP contribution is 2.30. The Bertz CT molecular complexity index is 1030. The predicted molar refractivity (Wildman–Crippen MR) is 110 cm³/mol. The summed E-state index contributed by atoms with van der Waals surface area (Å²) in [5, 5.41) is 6.90. The Balaban J connectivity index is 1.43. The molecule has 1 aliphatic rings. The van der Waals surface area contributed by atoms with Crippen LogP contribution in [0.3, 0.4) is 0 Å². The smallest absolute Gasteiger partial charge is 0.322 e. The van der Waals surface area contributed by atoms with Crippen LogP contribution in [0.4, 0.5) is 10.5 Å². The monoisotopic (exact) mass is 393 g/mol. The zero-order valence-electron chi connectivity index (χ0n) is 16.1. The molecule has 4 rings (SSSR count). The van der Waals surface area contributed by atoms with E-state index in [-0.39, 0.29) is 35.3 Å². The minimum atomic E-state index is -0.754. The molecule has 1 aromatic carbocycles. The summed E-state index contributed by atoms with van der Waals surface area (Å²) in [6.07, 6.45) is 2.40. The lowest BCUT2D eigenvalue weighted by Crippen LogP contribution is -2.38. The van der Waals surface area contributed by atoms with Gasteiger partial charge >= 0.3 is 6.03 Å². The molecule has 3 heterocycles. The summed E-state index contributed by atoms with van der Waals surface area (Å²) in [6.45, 7) is 3.30. The minimum Gasteiger partial charge on any atom is -0.430 e. The van der Waals surface area contributed by atoms with E-state index in [4.69, 9.17) is 10.2 Å². The molecule has 1 saturated heterocycles. The largest absolute Gasteiger partial charge is 0.430 e. The number of anilines is 1. The van der Waals surface area contributed by atoms with Crippen molar-refractivity contribution in [3.8, 4) is 0 Å². The van der Waals surface area contributed by atoms with Crippen LogP contribution in [0.5, 0.6) is 0 Å². The summed E-state index contributed by atoms with van der Waals surface area (Å²) in [5.74, 6) is -0.852. The van der Waals surface area contributed by atoms with E-state index in [9.17, 15) is 9.59 Å². The first-order valence-electron chi connectivity index (χ1n) is 9.57. The minimum absolute atomic E-state index is 0.0985. The molecule has 8 heteroatoms. The van der Waals surface area contributed by atoms with Gasteiger partial charge < -0.3 is 25.7 Å². The molecule has 0 radical (unpaired) electrons. The standard InChI is InChI=1S/C21H23N5O3/c1-13(14-6-3-2-4-7-14)24-15-9-11-26(12-15)21(28)25-17-16-8-5-10-23-20(16)29-18(17)19(22)27/h2-8,10,13,15,24H,9,11-12H2,1H3,(H2,22,27)(H,25,28)/t13?,15-/m1/s1. The Morgan fingerprint density at radius 2 is 2.03 bits per heavy atom. The Morgan fingerprint density at radius 3 is 2.79 bits per heavy atom. The first-order valence-corrected chi connectivity index (χ1v) is 9.57. The van der Waals surface area contributed by atoms with Gasteiger partial charge in [0.25, 0.3) is 5.91 Å². The molecule has 1 unspecified atom stereocenters. The molecule has 4 N–H and O–H groups in total. The molecule has 3 aromatic rings. The van der Waals surface area contributed by atoms with E-state index in [1.165, 1.54) is 5.56 Å². The van der Waals surface area contributed by atoms with E-state index >= 15 is 0 Å². The van der Waals surface area contributed by atoms with Crippen LogP contribution >= 0.6 is 0 Å².